The molecule has 0 aliphatic rings. The Morgan fingerprint density at radius 1 is 1.15 bits per heavy atom. The third-order valence-corrected chi connectivity index (χ3v) is 4.58. The van der Waals surface area contributed by atoms with Crippen molar-refractivity contribution in [1.29, 1.82) is 0 Å². The summed E-state index contributed by atoms with van der Waals surface area (Å²) in [7, 11) is 0. The van der Waals surface area contributed by atoms with Gasteiger partial charge in [-0.2, -0.15) is 0 Å². The summed E-state index contributed by atoms with van der Waals surface area (Å²) in [5.41, 5.74) is 1.01. The van der Waals surface area contributed by atoms with E-state index in [1.165, 1.54) is 0 Å². The van der Waals surface area contributed by atoms with Gasteiger partial charge in [0.2, 0.25) is 0 Å². The minimum atomic E-state index is -0.760. The number of carboxylic acids is 1. The first-order valence-corrected chi connectivity index (χ1v) is 9.30. The Hall–Kier alpha value is -2.20. The van der Waals surface area contributed by atoms with Crippen molar-refractivity contribution >= 4 is 23.3 Å². The monoisotopic (exact) mass is 375 g/mol. The average molecular weight is 376 g/mol. The molecule has 0 spiro atoms. The maximum atomic E-state index is 11.2. The number of carbonyl (C=O) groups is 1. The van der Waals surface area contributed by atoms with Crippen LogP contribution in [0.2, 0.25) is 5.02 Å². The minimum Gasteiger partial charge on any atom is -0.492 e. The predicted molar refractivity (Wildman–Crippen MR) is 106 cm³/mol. The number of nitrogens with one attached hydrogen (secondary N) is 1. The molecule has 4 nitrogen and oxygen atoms in total. The van der Waals surface area contributed by atoms with E-state index in [4.69, 9.17) is 16.3 Å². The maximum Gasteiger partial charge on any atom is 0.303 e. The molecule has 0 aliphatic carbocycles. The van der Waals surface area contributed by atoms with Gasteiger partial charge in [0.05, 0.1) is 11.6 Å². The highest BCUT2D eigenvalue weighted by molar-refractivity contribution is 6.32. The summed E-state index contributed by atoms with van der Waals surface area (Å²) in [4.78, 5) is 11.2. The Balaban J connectivity index is 1.78. The lowest BCUT2D eigenvalue weighted by molar-refractivity contribution is -0.138. The van der Waals surface area contributed by atoms with Crippen molar-refractivity contribution in [3.63, 3.8) is 0 Å². The summed E-state index contributed by atoms with van der Waals surface area (Å²) < 4.78 is 5.74. The second kappa shape index (κ2) is 10.7. The van der Waals surface area contributed by atoms with Crippen LogP contribution in [0, 0.1) is 11.8 Å². The van der Waals surface area contributed by atoms with Gasteiger partial charge in [-0.1, -0.05) is 48.9 Å². The molecule has 0 saturated heterocycles. The lowest BCUT2D eigenvalue weighted by atomic mass is 9.91. The fraction of sp³-hybridized carbons (Fsp3) is 0.381. The Morgan fingerprint density at radius 3 is 2.54 bits per heavy atom. The molecular formula is C21H26ClNO3. The van der Waals surface area contributed by atoms with Crippen molar-refractivity contribution in [2.45, 2.75) is 26.2 Å². The van der Waals surface area contributed by atoms with Crippen LogP contribution in [0.15, 0.2) is 54.6 Å². The van der Waals surface area contributed by atoms with Gasteiger partial charge in [-0.05, 0) is 48.9 Å². The quantitative estimate of drug-likeness (QED) is 0.556. The van der Waals surface area contributed by atoms with Crippen molar-refractivity contribution in [3.05, 3.63) is 59.6 Å². The van der Waals surface area contributed by atoms with Crippen LogP contribution < -0.4 is 10.1 Å². The molecule has 0 heterocycles. The smallest absolute Gasteiger partial charge is 0.303 e. The van der Waals surface area contributed by atoms with E-state index in [1.54, 1.807) is 6.07 Å². The standard InChI is InChI=1S/C21H26ClNO3/c1-16(11-12-26-20-10-6-5-9-19(20)22)13-17(14-21(24)25)15-23-18-7-3-2-4-8-18/h2-10,16-17,23H,11-15H2,1H3,(H,24,25)/t16?,17-/m0/s1. The molecule has 140 valence electrons. The van der Waals surface area contributed by atoms with Gasteiger partial charge in [-0.25, -0.2) is 0 Å². The van der Waals surface area contributed by atoms with Gasteiger partial charge in [0.25, 0.3) is 0 Å². The molecule has 1 unspecified atom stereocenters. The molecule has 2 aromatic rings. The van der Waals surface area contributed by atoms with Crippen molar-refractivity contribution in [2.24, 2.45) is 11.8 Å². The number of hydrogen-bond acceptors (Lipinski definition) is 3. The van der Waals surface area contributed by atoms with Gasteiger partial charge in [0.15, 0.2) is 0 Å². The molecule has 0 saturated carbocycles. The third kappa shape index (κ3) is 7.36. The molecule has 0 bridgehead atoms. The Morgan fingerprint density at radius 2 is 1.85 bits per heavy atom. The molecule has 2 N–H and O–H groups in total. The van der Waals surface area contributed by atoms with Crippen LogP contribution in [0.5, 0.6) is 5.75 Å². The molecule has 0 aromatic heterocycles. The molecule has 0 amide bonds. The van der Waals surface area contributed by atoms with E-state index < -0.39 is 5.97 Å². The normalized spacial score (nSPS) is 13.0. The topological polar surface area (TPSA) is 58.6 Å². The minimum absolute atomic E-state index is 0.0722. The summed E-state index contributed by atoms with van der Waals surface area (Å²) in [5, 5.41) is 13.1. The Labute approximate surface area is 160 Å². The van der Waals surface area contributed by atoms with Gasteiger partial charge < -0.3 is 15.2 Å². The van der Waals surface area contributed by atoms with Crippen LogP contribution in [0.3, 0.4) is 0 Å². The average Bonchev–Trinajstić information content (AvgIpc) is 2.62. The number of aliphatic carboxylic acids is 1. The Kier molecular flexibility index (Phi) is 8.29. The summed E-state index contributed by atoms with van der Waals surface area (Å²) in [5.74, 6) is 0.362. The van der Waals surface area contributed by atoms with Crippen LogP contribution in [0.1, 0.15) is 26.2 Å². The van der Waals surface area contributed by atoms with E-state index in [1.807, 2.05) is 48.5 Å². The summed E-state index contributed by atoms with van der Waals surface area (Å²) in [6.45, 7) is 3.34. The Bertz CT molecular complexity index is 678. The molecular weight excluding hydrogens is 350 g/mol. The zero-order chi connectivity index (χ0) is 18.8. The molecule has 0 radical (unpaired) electrons. The van der Waals surface area contributed by atoms with Gasteiger partial charge in [0.1, 0.15) is 5.75 Å². The predicted octanol–water partition coefficient (Wildman–Crippen LogP) is 5.34. The largest absolute Gasteiger partial charge is 0.492 e. The number of benzene rings is 2. The van der Waals surface area contributed by atoms with E-state index in [9.17, 15) is 9.90 Å². The lowest BCUT2D eigenvalue weighted by Gasteiger charge is -2.21. The van der Waals surface area contributed by atoms with Crippen molar-refractivity contribution in [3.8, 4) is 5.75 Å². The van der Waals surface area contributed by atoms with E-state index in [0.717, 1.165) is 18.5 Å². The van der Waals surface area contributed by atoms with Gasteiger partial charge >= 0.3 is 5.97 Å². The molecule has 2 aromatic carbocycles. The molecule has 2 atom stereocenters. The van der Waals surface area contributed by atoms with E-state index in [2.05, 4.69) is 12.2 Å². The van der Waals surface area contributed by atoms with Gasteiger partial charge in [-0.15, -0.1) is 0 Å². The van der Waals surface area contributed by atoms with Crippen molar-refractivity contribution in [1.82, 2.24) is 0 Å². The summed E-state index contributed by atoms with van der Waals surface area (Å²) in [6.07, 6.45) is 1.85. The first-order chi connectivity index (χ1) is 12.5. The molecule has 26 heavy (non-hydrogen) atoms. The van der Waals surface area contributed by atoms with Crippen LogP contribution in [-0.2, 0) is 4.79 Å². The second-order valence-corrected chi connectivity index (χ2v) is 7.03. The van der Waals surface area contributed by atoms with E-state index >= 15 is 0 Å². The third-order valence-electron chi connectivity index (χ3n) is 4.27. The van der Waals surface area contributed by atoms with E-state index in [0.29, 0.717) is 29.8 Å². The van der Waals surface area contributed by atoms with Crippen molar-refractivity contribution in [2.75, 3.05) is 18.5 Å². The van der Waals surface area contributed by atoms with Crippen LogP contribution >= 0.6 is 11.6 Å². The zero-order valence-electron chi connectivity index (χ0n) is 15.0. The highest BCUT2D eigenvalue weighted by Crippen LogP contribution is 2.25. The maximum absolute atomic E-state index is 11.2. The molecule has 5 heteroatoms. The zero-order valence-corrected chi connectivity index (χ0v) is 15.8. The number of rotatable bonds is 11. The van der Waals surface area contributed by atoms with Crippen LogP contribution in [0.25, 0.3) is 0 Å². The highest BCUT2D eigenvalue weighted by Gasteiger charge is 2.17. The first-order valence-electron chi connectivity index (χ1n) is 8.92. The lowest BCUT2D eigenvalue weighted by Crippen LogP contribution is -2.21. The van der Waals surface area contributed by atoms with Gasteiger partial charge in [-0.3, -0.25) is 4.79 Å². The number of anilines is 1. The number of para-hydroxylation sites is 2. The van der Waals surface area contributed by atoms with E-state index in [-0.39, 0.29) is 12.3 Å². The highest BCUT2D eigenvalue weighted by atomic mass is 35.5. The summed E-state index contributed by atoms with van der Waals surface area (Å²) >= 11 is 6.08. The number of ether oxygens (including phenoxy) is 1. The SMILES string of the molecule is CC(CCOc1ccccc1Cl)C[C@H](CNc1ccccc1)CC(=O)O. The molecule has 0 aliphatic heterocycles. The number of halogens is 1. The molecule has 2 rings (SSSR count). The first kappa shape index (κ1) is 20.1. The van der Waals surface area contributed by atoms with Crippen LogP contribution in [0.4, 0.5) is 5.69 Å². The number of hydrogen-bond donors (Lipinski definition) is 2. The fourth-order valence-electron chi connectivity index (χ4n) is 2.92. The number of carboxylic acid groups (broad SMARTS) is 1. The summed E-state index contributed by atoms with van der Waals surface area (Å²) in [6, 6.07) is 17.3. The fourth-order valence-corrected chi connectivity index (χ4v) is 3.11. The van der Waals surface area contributed by atoms with Gasteiger partial charge in [0, 0.05) is 18.7 Å². The van der Waals surface area contributed by atoms with Crippen LogP contribution in [-0.4, -0.2) is 24.2 Å². The molecule has 0 fully saturated rings. The second-order valence-electron chi connectivity index (χ2n) is 6.62. The van der Waals surface area contributed by atoms with Crippen molar-refractivity contribution < 1.29 is 14.6 Å².